The van der Waals surface area contributed by atoms with E-state index < -0.39 is 34.5 Å². The van der Waals surface area contributed by atoms with Crippen molar-refractivity contribution < 1.29 is 22.1 Å². The zero-order valence-electron chi connectivity index (χ0n) is 21.2. The van der Waals surface area contributed by atoms with Gasteiger partial charge in [0.2, 0.25) is 0 Å². The molecule has 2 aromatic rings. The Bertz CT molecular complexity index is 1240. The maximum Gasteiger partial charge on any atom is 0.419 e. The Kier molecular flexibility index (Phi) is 7.73. The van der Waals surface area contributed by atoms with E-state index in [9.17, 15) is 22.1 Å². The summed E-state index contributed by atoms with van der Waals surface area (Å²) in [7, 11) is 1.87. The number of piperidine rings is 1. The van der Waals surface area contributed by atoms with E-state index in [4.69, 9.17) is 4.99 Å². The molecule has 1 unspecified atom stereocenters. The number of hydrogen-bond acceptors (Lipinski definition) is 5. The molecule has 37 heavy (non-hydrogen) atoms. The number of anilines is 1. The highest BCUT2D eigenvalue weighted by atomic mass is 32.2. The fraction of sp³-hybridized carbons (Fsp3) is 0.370. The van der Waals surface area contributed by atoms with Gasteiger partial charge >= 0.3 is 6.18 Å². The SMILES string of the molecule is CC=C1NC(c2ccc(F)c(C(F)(F)F)c2)=NC12CCN([S+]([O-])/C=C/c1c(C)cc(NC)cc1C)CC2. The second-order valence-electron chi connectivity index (χ2n) is 9.29. The van der Waals surface area contributed by atoms with Crippen LogP contribution in [-0.2, 0) is 17.5 Å². The summed E-state index contributed by atoms with van der Waals surface area (Å²) in [5, 5.41) is 7.96. The third-order valence-corrected chi connectivity index (χ3v) is 8.19. The maximum atomic E-state index is 13.8. The Morgan fingerprint density at radius 1 is 1.14 bits per heavy atom. The molecule has 1 spiro atoms. The van der Waals surface area contributed by atoms with Gasteiger partial charge in [0.25, 0.3) is 0 Å². The van der Waals surface area contributed by atoms with Crippen molar-refractivity contribution in [3.8, 4) is 0 Å². The summed E-state index contributed by atoms with van der Waals surface area (Å²) in [5.41, 5.74) is 3.23. The van der Waals surface area contributed by atoms with Crippen LogP contribution < -0.4 is 10.6 Å². The molecule has 0 amide bonds. The van der Waals surface area contributed by atoms with Gasteiger partial charge in [0.15, 0.2) is 0 Å². The van der Waals surface area contributed by atoms with Gasteiger partial charge in [0.1, 0.15) is 22.6 Å². The quantitative estimate of drug-likeness (QED) is 0.369. The van der Waals surface area contributed by atoms with Crippen LogP contribution in [0.2, 0.25) is 0 Å². The lowest BCUT2D eigenvalue weighted by Gasteiger charge is -2.36. The van der Waals surface area contributed by atoms with E-state index in [1.807, 2.05) is 56.4 Å². The number of nitrogens with one attached hydrogen (secondary N) is 2. The van der Waals surface area contributed by atoms with Crippen molar-refractivity contribution in [3.63, 3.8) is 0 Å². The summed E-state index contributed by atoms with van der Waals surface area (Å²) in [6.07, 6.45) is 0.0466. The first kappa shape index (κ1) is 27.2. The summed E-state index contributed by atoms with van der Waals surface area (Å²) in [6.45, 7) is 6.87. The van der Waals surface area contributed by atoms with Crippen LogP contribution in [0.25, 0.3) is 6.08 Å². The average molecular weight is 535 g/mol. The number of nitrogens with zero attached hydrogens (tertiary/aromatic N) is 2. The number of halogens is 4. The molecule has 10 heteroatoms. The van der Waals surface area contributed by atoms with Crippen molar-refractivity contribution in [2.24, 2.45) is 4.99 Å². The van der Waals surface area contributed by atoms with Crippen molar-refractivity contribution in [1.29, 1.82) is 0 Å². The molecule has 1 fully saturated rings. The molecule has 1 atom stereocenters. The van der Waals surface area contributed by atoms with Gasteiger partial charge in [-0.15, -0.1) is 4.31 Å². The molecule has 5 nitrogen and oxygen atoms in total. The molecule has 2 N–H and O–H groups in total. The zero-order chi connectivity index (χ0) is 27.0. The van der Waals surface area contributed by atoms with E-state index in [1.54, 1.807) is 5.41 Å². The molecule has 2 aliphatic heterocycles. The largest absolute Gasteiger partial charge is 0.593 e. The lowest BCUT2D eigenvalue weighted by atomic mass is 9.86. The molecule has 0 radical (unpaired) electrons. The van der Waals surface area contributed by atoms with Gasteiger partial charge in [0, 0.05) is 37.1 Å². The second-order valence-corrected chi connectivity index (χ2v) is 10.6. The summed E-state index contributed by atoms with van der Waals surface area (Å²) in [4.78, 5) is 4.78. The topological polar surface area (TPSA) is 62.7 Å². The van der Waals surface area contributed by atoms with Crippen molar-refractivity contribution in [3.05, 3.63) is 81.1 Å². The van der Waals surface area contributed by atoms with Gasteiger partial charge in [-0.1, -0.05) is 6.08 Å². The predicted octanol–water partition coefficient (Wildman–Crippen LogP) is 5.93. The second kappa shape index (κ2) is 10.5. The molecule has 0 aromatic heterocycles. The first-order chi connectivity index (χ1) is 17.5. The highest BCUT2D eigenvalue weighted by Gasteiger charge is 2.44. The number of aryl methyl sites for hydroxylation is 2. The van der Waals surface area contributed by atoms with E-state index in [0.717, 1.165) is 40.2 Å². The Labute approximate surface area is 217 Å². The molecule has 0 aliphatic carbocycles. The van der Waals surface area contributed by atoms with Gasteiger partial charge in [0.05, 0.1) is 16.9 Å². The zero-order valence-corrected chi connectivity index (χ0v) is 22.0. The first-order valence-corrected chi connectivity index (χ1v) is 13.2. The number of aliphatic imine (C=N–C) groups is 1. The molecule has 2 heterocycles. The summed E-state index contributed by atoms with van der Waals surface area (Å²) >= 11 is -1.34. The standard InChI is InChI=1S/C27H30F4N4OS/c1-5-24-26(34-25(33-24)19-6-7-23(28)22(16-19)27(29,30)31)9-11-35(12-10-26)37(36)13-8-21-17(2)14-20(32-4)15-18(21)3/h5-8,13-16,32H,9-12H2,1-4H3,(H,33,34)/b13-8+,24-5?. The number of benzene rings is 2. The minimum atomic E-state index is -4.80. The molecular formula is C27H30F4N4OS. The summed E-state index contributed by atoms with van der Waals surface area (Å²) < 4.78 is 68.4. The van der Waals surface area contributed by atoms with E-state index in [-0.39, 0.29) is 11.4 Å². The van der Waals surface area contributed by atoms with Crippen LogP contribution in [-0.4, -0.2) is 40.4 Å². The number of hydrogen-bond donors (Lipinski definition) is 2. The van der Waals surface area contributed by atoms with Crippen LogP contribution in [0.3, 0.4) is 0 Å². The van der Waals surface area contributed by atoms with Crippen LogP contribution in [0.15, 0.2) is 52.5 Å². The van der Waals surface area contributed by atoms with Crippen LogP contribution in [0.4, 0.5) is 23.2 Å². The highest BCUT2D eigenvalue weighted by Crippen LogP contribution is 2.39. The molecule has 2 aliphatic rings. The lowest BCUT2D eigenvalue weighted by molar-refractivity contribution is -0.140. The summed E-state index contributed by atoms with van der Waals surface area (Å²) in [6, 6.07) is 6.98. The minimum absolute atomic E-state index is 0.175. The number of alkyl halides is 3. The van der Waals surface area contributed by atoms with E-state index in [1.165, 1.54) is 6.07 Å². The predicted molar refractivity (Wildman–Crippen MR) is 141 cm³/mol. The third-order valence-electron chi connectivity index (χ3n) is 6.95. The van der Waals surface area contributed by atoms with Gasteiger partial charge < -0.3 is 15.2 Å². The fourth-order valence-electron chi connectivity index (χ4n) is 4.92. The van der Waals surface area contributed by atoms with Gasteiger partial charge in [-0.2, -0.15) is 13.2 Å². The Morgan fingerprint density at radius 3 is 2.35 bits per heavy atom. The fourth-order valence-corrected chi connectivity index (χ4v) is 5.89. The number of amidine groups is 1. The minimum Gasteiger partial charge on any atom is -0.593 e. The number of allylic oxidation sites excluding steroid dienone is 1. The molecule has 4 rings (SSSR count). The van der Waals surface area contributed by atoms with E-state index >= 15 is 0 Å². The van der Waals surface area contributed by atoms with Crippen molar-refractivity contribution in [2.45, 2.75) is 45.3 Å². The maximum absolute atomic E-state index is 13.8. The van der Waals surface area contributed by atoms with Crippen LogP contribution in [0.5, 0.6) is 0 Å². The van der Waals surface area contributed by atoms with Gasteiger partial charge in [-0.25, -0.2) is 4.39 Å². The summed E-state index contributed by atoms with van der Waals surface area (Å²) in [5.74, 6) is -1.04. The van der Waals surface area contributed by atoms with Crippen LogP contribution >= 0.6 is 0 Å². The molecule has 0 bridgehead atoms. The Balaban J connectivity index is 1.50. The third kappa shape index (κ3) is 5.56. The first-order valence-electron chi connectivity index (χ1n) is 12.0. The number of rotatable bonds is 5. The smallest absolute Gasteiger partial charge is 0.419 e. The average Bonchev–Trinajstić information content (AvgIpc) is 3.20. The van der Waals surface area contributed by atoms with Crippen molar-refractivity contribution in [1.82, 2.24) is 9.62 Å². The lowest BCUT2D eigenvalue weighted by Crippen LogP contribution is -2.46. The monoisotopic (exact) mass is 534 g/mol. The van der Waals surface area contributed by atoms with Gasteiger partial charge in [-0.05, 0) is 86.7 Å². The molecule has 1 saturated heterocycles. The van der Waals surface area contributed by atoms with Crippen molar-refractivity contribution >= 4 is 29.0 Å². The Hall–Kier alpha value is -2.82. The van der Waals surface area contributed by atoms with Crippen molar-refractivity contribution in [2.75, 3.05) is 25.5 Å². The molecule has 0 saturated carbocycles. The molecule has 2 aromatic carbocycles. The van der Waals surface area contributed by atoms with E-state index in [0.29, 0.717) is 25.9 Å². The highest BCUT2D eigenvalue weighted by molar-refractivity contribution is 7.92. The van der Waals surface area contributed by atoms with Crippen LogP contribution in [0.1, 0.15) is 47.6 Å². The van der Waals surface area contributed by atoms with Gasteiger partial charge in [-0.3, -0.25) is 4.99 Å². The van der Waals surface area contributed by atoms with E-state index in [2.05, 4.69) is 10.6 Å². The molecular weight excluding hydrogens is 504 g/mol. The normalized spacial score (nSPS) is 19.9. The Morgan fingerprint density at radius 2 is 1.78 bits per heavy atom. The van der Waals surface area contributed by atoms with Crippen LogP contribution in [0, 0.1) is 19.7 Å². The molecule has 198 valence electrons.